The van der Waals surface area contributed by atoms with E-state index < -0.39 is 11.2 Å². The third-order valence-electron chi connectivity index (χ3n) is 10.4. The molecule has 5 heterocycles. The molecule has 2 saturated heterocycles. The molecule has 0 saturated carbocycles. The SMILES string of the molecule is C=CCn1c(=O)c2cnc(Nc3ccc(N4C[C@@H]5CN(C(=O)OC(C)(C)C)C(C(C)(C)C)[C@@H]5C4)cc3)nc2n1-c1ccc2c(n1)C(C)(O)CCC2. The highest BCUT2D eigenvalue weighted by atomic mass is 16.6. The molecule has 3 aromatic heterocycles. The van der Waals surface area contributed by atoms with E-state index in [1.165, 1.54) is 0 Å². The van der Waals surface area contributed by atoms with Crippen molar-refractivity contribution >= 4 is 34.4 Å². The Morgan fingerprint density at radius 1 is 1.08 bits per heavy atom. The van der Waals surface area contributed by atoms with Crippen molar-refractivity contribution in [3.8, 4) is 5.82 Å². The van der Waals surface area contributed by atoms with Crippen molar-refractivity contribution in [1.29, 1.82) is 0 Å². The first-order valence-electron chi connectivity index (χ1n) is 18.0. The Bertz CT molecular complexity index is 2040. The van der Waals surface area contributed by atoms with E-state index in [2.05, 4.69) is 54.7 Å². The normalized spacial score (nSPS) is 23.3. The molecule has 0 bridgehead atoms. The lowest BCUT2D eigenvalue weighted by atomic mass is 9.78. The van der Waals surface area contributed by atoms with Crippen molar-refractivity contribution in [2.75, 3.05) is 29.9 Å². The number of carbonyl (C=O) groups excluding carboxylic acids is 1. The summed E-state index contributed by atoms with van der Waals surface area (Å²) in [6, 6.07) is 12.1. The summed E-state index contributed by atoms with van der Waals surface area (Å²) < 4.78 is 9.04. The largest absolute Gasteiger partial charge is 0.444 e. The first-order valence-corrected chi connectivity index (χ1v) is 18.0. The molecule has 12 heteroatoms. The van der Waals surface area contributed by atoms with Gasteiger partial charge in [0.05, 0.1) is 12.2 Å². The number of nitrogens with one attached hydrogen (secondary N) is 1. The second-order valence-electron chi connectivity index (χ2n) is 16.7. The van der Waals surface area contributed by atoms with Gasteiger partial charge in [0, 0.05) is 55.1 Å². The zero-order chi connectivity index (χ0) is 36.5. The van der Waals surface area contributed by atoms with Gasteiger partial charge >= 0.3 is 6.09 Å². The van der Waals surface area contributed by atoms with Crippen molar-refractivity contribution in [3.63, 3.8) is 0 Å². The number of benzene rings is 1. The Balaban J connectivity index is 1.12. The maximum atomic E-state index is 13.5. The van der Waals surface area contributed by atoms with Crippen LogP contribution in [0.25, 0.3) is 16.9 Å². The van der Waals surface area contributed by atoms with Crippen LogP contribution in [0.2, 0.25) is 0 Å². The molecule has 3 aliphatic rings. The summed E-state index contributed by atoms with van der Waals surface area (Å²) >= 11 is 0. The maximum Gasteiger partial charge on any atom is 0.410 e. The number of allylic oxidation sites excluding steroid dienone is 1. The van der Waals surface area contributed by atoms with Gasteiger partial charge in [-0.3, -0.25) is 4.79 Å². The van der Waals surface area contributed by atoms with Crippen molar-refractivity contribution in [2.45, 2.75) is 91.5 Å². The zero-order valence-corrected chi connectivity index (χ0v) is 30.8. The fourth-order valence-electron chi connectivity index (χ4n) is 8.37. The molecular weight excluding hydrogens is 644 g/mol. The molecule has 2 unspecified atom stereocenters. The molecule has 4 atom stereocenters. The number of likely N-dealkylation sites (tertiary alicyclic amines) is 1. The molecule has 2 fully saturated rings. The molecule has 2 N–H and O–H groups in total. The van der Waals surface area contributed by atoms with Gasteiger partial charge in [-0.15, -0.1) is 6.58 Å². The van der Waals surface area contributed by atoms with Crippen LogP contribution in [0.15, 0.2) is 60.0 Å². The number of anilines is 3. The van der Waals surface area contributed by atoms with Gasteiger partial charge in [0.2, 0.25) is 5.95 Å². The third-order valence-corrected chi connectivity index (χ3v) is 10.4. The van der Waals surface area contributed by atoms with Gasteiger partial charge in [-0.1, -0.05) is 32.9 Å². The summed E-state index contributed by atoms with van der Waals surface area (Å²) in [5.41, 5.74) is 2.07. The molecule has 0 radical (unpaired) electrons. The Kier molecular flexibility index (Phi) is 8.51. The van der Waals surface area contributed by atoms with E-state index in [0.29, 0.717) is 53.3 Å². The van der Waals surface area contributed by atoms with Crippen LogP contribution in [0.5, 0.6) is 0 Å². The van der Waals surface area contributed by atoms with Crippen LogP contribution < -0.4 is 15.8 Å². The Hall–Kier alpha value is -4.71. The first-order chi connectivity index (χ1) is 24.0. The highest BCUT2D eigenvalue weighted by Crippen LogP contribution is 2.45. The lowest BCUT2D eigenvalue weighted by molar-refractivity contribution is 0.00800. The minimum Gasteiger partial charge on any atom is -0.444 e. The highest BCUT2D eigenvalue weighted by molar-refractivity contribution is 5.77. The van der Waals surface area contributed by atoms with Gasteiger partial charge in [0.15, 0.2) is 11.5 Å². The maximum absolute atomic E-state index is 13.5. The number of aryl methyl sites for hydroxylation is 1. The zero-order valence-electron chi connectivity index (χ0n) is 30.8. The fourth-order valence-corrected chi connectivity index (χ4v) is 8.37. The molecule has 0 spiro atoms. The van der Waals surface area contributed by atoms with Crippen LogP contribution >= 0.6 is 0 Å². The number of amides is 1. The summed E-state index contributed by atoms with van der Waals surface area (Å²) in [6.45, 7) is 20.7. The standard InChI is InChI=1S/C39H50N8O4/c1-9-19-46-34(48)28-20-40-35(43-33(28)47(46)30-17-12-24-11-10-18-39(8,50)31(24)42-30)41-26-13-15-27(16-14-26)44-21-25-22-45(36(49)51-38(5,6)7)32(29(25)23-44)37(2,3)4/h9,12-17,20,25,29,32,50H,1,10-11,18-19,21-23H2,2-8H3,(H,40,41,43)/t25-,29-,32?,39?/m1/s1. The second-order valence-corrected chi connectivity index (χ2v) is 16.7. The number of pyridine rings is 1. The van der Waals surface area contributed by atoms with E-state index >= 15 is 0 Å². The van der Waals surface area contributed by atoms with Gasteiger partial charge in [-0.05, 0) is 88.3 Å². The van der Waals surface area contributed by atoms with Gasteiger partial charge in [-0.25, -0.2) is 24.1 Å². The number of fused-ring (bicyclic) bond motifs is 3. The third kappa shape index (κ3) is 6.50. The summed E-state index contributed by atoms with van der Waals surface area (Å²) in [5.74, 6) is 1.55. The highest BCUT2D eigenvalue weighted by Gasteiger charge is 2.53. The summed E-state index contributed by atoms with van der Waals surface area (Å²) in [4.78, 5) is 45.3. The first kappa shape index (κ1) is 34.7. The summed E-state index contributed by atoms with van der Waals surface area (Å²) in [7, 11) is 0. The van der Waals surface area contributed by atoms with E-state index in [-0.39, 0.29) is 29.7 Å². The molecular formula is C39H50N8O4. The lowest BCUT2D eigenvalue weighted by Crippen LogP contribution is -2.49. The van der Waals surface area contributed by atoms with E-state index in [1.807, 2.05) is 49.9 Å². The monoisotopic (exact) mass is 694 g/mol. The predicted octanol–water partition coefficient (Wildman–Crippen LogP) is 6.17. The molecule has 1 aliphatic carbocycles. The average molecular weight is 695 g/mol. The minimum atomic E-state index is -1.05. The minimum absolute atomic E-state index is 0.0822. The van der Waals surface area contributed by atoms with Crippen LogP contribution in [0, 0.1) is 17.3 Å². The summed E-state index contributed by atoms with van der Waals surface area (Å²) in [5, 5.41) is 14.8. The van der Waals surface area contributed by atoms with Crippen molar-refractivity contribution in [3.05, 3.63) is 76.9 Å². The van der Waals surface area contributed by atoms with Crippen LogP contribution in [0.3, 0.4) is 0 Å². The molecule has 270 valence electrons. The number of carbonyl (C=O) groups is 1. The topological polar surface area (TPSA) is 131 Å². The second kappa shape index (κ2) is 12.5. The van der Waals surface area contributed by atoms with E-state index in [1.54, 1.807) is 28.6 Å². The molecule has 1 amide bonds. The van der Waals surface area contributed by atoms with Crippen LogP contribution in [-0.4, -0.2) is 71.7 Å². The average Bonchev–Trinajstić information content (AvgIpc) is 3.70. The van der Waals surface area contributed by atoms with Gasteiger partial charge in [0.1, 0.15) is 16.6 Å². The van der Waals surface area contributed by atoms with Crippen molar-refractivity contribution in [2.24, 2.45) is 17.3 Å². The predicted molar refractivity (Wildman–Crippen MR) is 199 cm³/mol. The van der Waals surface area contributed by atoms with E-state index in [9.17, 15) is 14.7 Å². The van der Waals surface area contributed by atoms with Gasteiger partial charge < -0.3 is 25.0 Å². The molecule has 1 aromatic carbocycles. The molecule has 2 aliphatic heterocycles. The van der Waals surface area contributed by atoms with Crippen LogP contribution in [0.1, 0.15) is 72.6 Å². The van der Waals surface area contributed by atoms with Gasteiger partial charge in [-0.2, -0.15) is 4.98 Å². The number of nitrogens with zero attached hydrogens (tertiary/aromatic N) is 7. The Labute approximate surface area is 299 Å². The number of hydrogen-bond acceptors (Lipinski definition) is 9. The lowest BCUT2D eigenvalue weighted by Gasteiger charge is -2.39. The number of aliphatic hydroxyl groups is 1. The van der Waals surface area contributed by atoms with Crippen LogP contribution in [-0.2, 0) is 23.3 Å². The molecule has 51 heavy (non-hydrogen) atoms. The number of rotatable bonds is 6. The fraction of sp³-hybridized carbons (Fsp3) is 0.513. The van der Waals surface area contributed by atoms with Crippen molar-refractivity contribution < 1.29 is 14.6 Å². The quantitative estimate of drug-likeness (QED) is 0.228. The van der Waals surface area contributed by atoms with E-state index in [4.69, 9.17) is 14.7 Å². The number of aromatic nitrogens is 5. The van der Waals surface area contributed by atoms with Gasteiger partial charge in [0.25, 0.3) is 5.56 Å². The number of hydrogen-bond donors (Lipinski definition) is 2. The Morgan fingerprint density at radius 2 is 1.82 bits per heavy atom. The molecule has 12 nitrogen and oxygen atoms in total. The molecule has 7 rings (SSSR count). The van der Waals surface area contributed by atoms with Crippen LogP contribution in [0.4, 0.5) is 22.1 Å². The van der Waals surface area contributed by atoms with E-state index in [0.717, 1.165) is 42.9 Å². The summed E-state index contributed by atoms with van der Waals surface area (Å²) in [6.07, 6.45) is 5.35. The van der Waals surface area contributed by atoms with Crippen molar-refractivity contribution in [1.82, 2.24) is 29.2 Å². The Morgan fingerprint density at radius 3 is 2.51 bits per heavy atom. The smallest absolute Gasteiger partial charge is 0.410 e. The number of ether oxygens (including phenoxy) is 1. The molecule has 4 aromatic rings.